The summed E-state index contributed by atoms with van der Waals surface area (Å²) in [5.74, 6) is -0.0244. The molecule has 0 saturated carbocycles. The van der Waals surface area contributed by atoms with E-state index in [4.69, 9.17) is 0 Å². The number of halogens is 1. The lowest BCUT2D eigenvalue weighted by molar-refractivity contribution is 0.693. The normalized spacial score (nSPS) is 16.1. The van der Waals surface area contributed by atoms with Crippen molar-refractivity contribution in [3.8, 4) is 0 Å². The van der Waals surface area contributed by atoms with Crippen LogP contribution in [0.15, 0.2) is 18.3 Å². The first-order valence-corrected chi connectivity index (χ1v) is 4.08. The summed E-state index contributed by atoms with van der Waals surface area (Å²) in [5.41, 5.74) is 1.19. The number of fused-ring (bicyclic) bond motifs is 1. The Balaban J connectivity index is 2.95. The highest BCUT2D eigenvalue weighted by Gasteiger charge is 2.06. The van der Waals surface area contributed by atoms with Crippen molar-refractivity contribution in [3.63, 3.8) is 0 Å². The van der Waals surface area contributed by atoms with E-state index in [9.17, 15) is 4.39 Å². The zero-order valence-electron chi connectivity index (χ0n) is 6.97. The topological polar surface area (TPSA) is 12.9 Å². The minimum Gasteiger partial charge on any atom is -0.257 e. The van der Waals surface area contributed by atoms with Gasteiger partial charge in [0.15, 0.2) is 0 Å². The van der Waals surface area contributed by atoms with Gasteiger partial charge in [0.1, 0.15) is 13.7 Å². The van der Waals surface area contributed by atoms with Gasteiger partial charge in [0.25, 0.3) is 0 Å². The molecule has 1 heterocycles. The van der Waals surface area contributed by atoms with E-state index in [0.717, 1.165) is 11.8 Å². The SMILES string of the molecule is BC1=c2ncccc2=C(F)CC1. The van der Waals surface area contributed by atoms with Gasteiger partial charge >= 0.3 is 0 Å². The van der Waals surface area contributed by atoms with Crippen LogP contribution < -0.4 is 10.6 Å². The molecule has 0 bridgehead atoms. The Morgan fingerprint density at radius 1 is 1.42 bits per heavy atom. The molecule has 1 aromatic rings. The molecule has 12 heavy (non-hydrogen) atoms. The van der Waals surface area contributed by atoms with Crippen LogP contribution >= 0.6 is 0 Å². The summed E-state index contributed by atoms with van der Waals surface area (Å²) < 4.78 is 13.2. The third kappa shape index (κ3) is 1.05. The van der Waals surface area contributed by atoms with Crippen LogP contribution in [-0.4, -0.2) is 12.8 Å². The van der Waals surface area contributed by atoms with Gasteiger partial charge in [0, 0.05) is 17.8 Å². The van der Waals surface area contributed by atoms with Crippen LogP contribution in [0.3, 0.4) is 0 Å². The van der Waals surface area contributed by atoms with E-state index < -0.39 is 0 Å². The average molecular weight is 161 g/mol. The molecule has 0 saturated heterocycles. The highest BCUT2D eigenvalue weighted by atomic mass is 19.1. The van der Waals surface area contributed by atoms with E-state index >= 15 is 0 Å². The predicted molar refractivity (Wildman–Crippen MR) is 49.2 cm³/mol. The van der Waals surface area contributed by atoms with Crippen LogP contribution in [-0.2, 0) is 0 Å². The van der Waals surface area contributed by atoms with Gasteiger partial charge in [-0.25, -0.2) is 4.39 Å². The summed E-state index contributed by atoms with van der Waals surface area (Å²) in [5, 5.41) is 1.52. The second-order valence-corrected chi connectivity index (χ2v) is 3.08. The van der Waals surface area contributed by atoms with Crippen LogP contribution in [0.5, 0.6) is 0 Å². The first kappa shape index (κ1) is 7.53. The third-order valence-corrected chi connectivity index (χ3v) is 2.22. The molecule has 0 fully saturated rings. The van der Waals surface area contributed by atoms with Crippen molar-refractivity contribution < 1.29 is 4.39 Å². The lowest BCUT2D eigenvalue weighted by Crippen LogP contribution is -2.34. The number of hydrogen-bond acceptors (Lipinski definition) is 1. The maximum atomic E-state index is 13.2. The standard InChI is InChI=1S/C9H9BFN/c10-7-3-4-8(11)6-2-1-5-12-9(6)7/h1-2,5H,3-4,10H2. The predicted octanol–water partition coefficient (Wildman–Crippen LogP) is -0.306. The molecule has 3 heteroatoms. The lowest BCUT2D eigenvalue weighted by atomic mass is 9.87. The molecule has 0 radical (unpaired) electrons. The van der Waals surface area contributed by atoms with Crippen LogP contribution in [0.4, 0.5) is 4.39 Å². The zero-order chi connectivity index (χ0) is 8.55. The van der Waals surface area contributed by atoms with E-state index in [1.165, 1.54) is 5.47 Å². The van der Waals surface area contributed by atoms with Crippen molar-refractivity contribution in [2.75, 3.05) is 0 Å². The van der Waals surface area contributed by atoms with E-state index in [0.29, 0.717) is 11.6 Å². The smallest absolute Gasteiger partial charge is 0.136 e. The van der Waals surface area contributed by atoms with Crippen LogP contribution in [0.2, 0.25) is 0 Å². The monoisotopic (exact) mass is 161 g/mol. The Bertz CT molecular complexity index is 383. The molecule has 0 amide bonds. The molecule has 1 nitrogen and oxygen atoms in total. The summed E-state index contributed by atoms with van der Waals surface area (Å²) in [4.78, 5) is 4.15. The number of aromatic nitrogens is 1. The van der Waals surface area contributed by atoms with Crippen molar-refractivity contribution in [1.29, 1.82) is 0 Å². The first-order chi connectivity index (χ1) is 5.79. The maximum Gasteiger partial charge on any atom is 0.136 e. The molecule has 0 aromatic carbocycles. The van der Waals surface area contributed by atoms with Crippen LogP contribution in [0.25, 0.3) is 11.3 Å². The van der Waals surface area contributed by atoms with Crippen LogP contribution in [0, 0.1) is 0 Å². The fourth-order valence-electron chi connectivity index (χ4n) is 1.51. The number of hydrogen-bond donors (Lipinski definition) is 0. The molecule has 0 atom stereocenters. The molecule has 0 spiro atoms. The quantitative estimate of drug-likeness (QED) is 0.476. The second kappa shape index (κ2) is 2.74. The fourth-order valence-corrected chi connectivity index (χ4v) is 1.51. The van der Waals surface area contributed by atoms with Gasteiger partial charge in [-0.2, -0.15) is 0 Å². The molecular formula is C9H9BFN. The average Bonchev–Trinajstić information content (AvgIpc) is 2.12. The number of pyridine rings is 1. The molecule has 1 aliphatic rings. The van der Waals surface area contributed by atoms with Gasteiger partial charge in [0.05, 0.1) is 5.35 Å². The first-order valence-electron chi connectivity index (χ1n) is 4.08. The van der Waals surface area contributed by atoms with Crippen molar-refractivity contribution in [3.05, 3.63) is 28.9 Å². The zero-order valence-corrected chi connectivity index (χ0v) is 6.97. The van der Waals surface area contributed by atoms with E-state index in [1.54, 1.807) is 18.3 Å². The Morgan fingerprint density at radius 2 is 2.25 bits per heavy atom. The van der Waals surface area contributed by atoms with Crippen molar-refractivity contribution in [2.45, 2.75) is 12.8 Å². The Kier molecular flexibility index (Phi) is 1.72. The van der Waals surface area contributed by atoms with E-state index in [-0.39, 0.29) is 5.83 Å². The van der Waals surface area contributed by atoms with Crippen molar-refractivity contribution in [1.82, 2.24) is 4.98 Å². The molecule has 2 rings (SSSR count). The van der Waals surface area contributed by atoms with E-state index in [2.05, 4.69) is 4.98 Å². The largest absolute Gasteiger partial charge is 0.257 e. The summed E-state index contributed by atoms with van der Waals surface area (Å²) in [6.45, 7) is 0. The summed E-state index contributed by atoms with van der Waals surface area (Å²) in [6.07, 6.45) is 3.04. The van der Waals surface area contributed by atoms with E-state index in [1.807, 2.05) is 7.85 Å². The van der Waals surface area contributed by atoms with Gasteiger partial charge < -0.3 is 0 Å². The Hall–Kier alpha value is -1.12. The summed E-state index contributed by atoms with van der Waals surface area (Å²) in [6, 6.07) is 3.57. The highest BCUT2D eigenvalue weighted by molar-refractivity contribution is 6.38. The second-order valence-electron chi connectivity index (χ2n) is 3.08. The van der Waals surface area contributed by atoms with Crippen LogP contribution in [0.1, 0.15) is 12.8 Å². The lowest BCUT2D eigenvalue weighted by Gasteiger charge is -2.06. The molecule has 0 unspecified atom stereocenters. The summed E-state index contributed by atoms with van der Waals surface area (Å²) >= 11 is 0. The molecular weight excluding hydrogens is 152 g/mol. The molecule has 1 aromatic heterocycles. The van der Waals surface area contributed by atoms with Gasteiger partial charge in [-0.15, -0.1) is 0 Å². The third-order valence-electron chi connectivity index (χ3n) is 2.22. The van der Waals surface area contributed by atoms with Gasteiger partial charge in [-0.3, -0.25) is 4.98 Å². The molecule has 1 aliphatic carbocycles. The number of nitrogens with zero attached hydrogens (tertiary/aromatic N) is 1. The fraction of sp³-hybridized carbons (Fsp3) is 0.222. The summed E-state index contributed by atoms with van der Waals surface area (Å²) in [7, 11) is 2.01. The molecule has 0 aliphatic heterocycles. The van der Waals surface area contributed by atoms with Gasteiger partial charge in [-0.1, -0.05) is 5.47 Å². The molecule has 0 N–H and O–H groups in total. The Morgan fingerprint density at radius 3 is 3.00 bits per heavy atom. The highest BCUT2D eigenvalue weighted by Crippen LogP contribution is 2.11. The number of rotatable bonds is 0. The molecule has 60 valence electrons. The van der Waals surface area contributed by atoms with Gasteiger partial charge in [-0.05, 0) is 18.6 Å². The van der Waals surface area contributed by atoms with Crippen molar-refractivity contribution >= 4 is 19.1 Å². The van der Waals surface area contributed by atoms with Crippen molar-refractivity contribution in [2.24, 2.45) is 0 Å². The Labute approximate surface area is 71.0 Å². The minimum atomic E-state index is -0.0244. The van der Waals surface area contributed by atoms with Gasteiger partial charge in [0.2, 0.25) is 0 Å². The maximum absolute atomic E-state index is 13.2. The minimum absolute atomic E-state index is 0.0244.